The predicted molar refractivity (Wildman–Crippen MR) is 57.2 cm³/mol. The summed E-state index contributed by atoms with van der Waals surface area (Å²) < 4.78 is 2.15. The van der Waals surface area contributed by atoms with Crippen LogP contribution in [0.4, 0.5) is 0 Å². The van der Waals surface area contributed by atoms with Crippen molar-refractivity contribution in [2.75, 3.05) is 0 Å². The predicted octanol–water partition coefficient (Wildman–Crippen LogP) is 2.79. The highest BCUT2D eigenvalue weighted by Crippen LogP contribution is 2.15. The molecular formula is C10H11BrN2. The number of hydrogen-bond donors (Lipinski definition) is 0. The normalized spacial score (nSPS) is 10.9. The van der Waals surface area contributed by atoms with E-state index in [1.54, 1.807) is 0 Å². The average Bonchev–Trinajstić information content (AvgIpc) is 2.56. The first-order valence-electron chi connectivity index (χ1n) is 4.37. The van der Waals surface area contributed by atoms with Gasteiger partial charge in [-0.3, -0.25) is 0 Å². The first kappa shape index (κ1) is 8.75. The van der Waals surface area contributed by atoms with E-state index in [0.717, 1.165) is 23.3 Å². The summed E-state index contributed by atoms with van der Waals surface area (Å²) in [6, 6.07) is 6.18. The molecule has 2 aromatic rings. The lowest BCUT2D eigenvalue weighted by Gasteiger charge is -1.95. The van der Waals surface area contributed by atoms with E-state index >= 15 is 0 Å². The van der Waals surface area contributed by atoms with Gasteiger partial charge in [0, 0.05) is 17.9 Å². The van der Waals surface area contributed by atoms with Crippen LogP contribution in [-0.4, -0.2) is 9.38 Å². The summed E-state index contributed by atoms with van der Waals surface area (Å²) in [5, 5.41) is 0.820. The molecule has 0 unspecified atom stereocenters. The number of fused-ring (bicyclic) bond motifs is 1. The molecule has 68 valence electrons. The number of alkyl halides is 1. The molecule has 0 amide bonds. The van der Waals surface area contributed by atoms with Crippen molar-refractivity contribution in [1.29, 1.82) is 0 Å². The van der Waals surface area contributed by atoms with Crippen LogP contribution >= 0.6 is 15.9 Å². The van der Waals surface area contributed by atoms with Crippen LogP contribution in [0.2, 0.25) is 0 Å². The Morgan fingerprint density at radius 2 is 2.31 bits per heavy atom. The lowest BCUT2D eigenvalue weighted by atomic mass is 10.3. The van der Waals surface area contributed by atoms with E-state index in [2.05, 4.69) is 44.5 Å². The van der Waals surface area contributed by atoms with Crippen molar-refractivity contribution in [1.82, 2.24) is 9.38 Å². The monoisotopic (exact) mass is 238 g/mol. The van der Waals surface area contributed by atoms with Crippen molar-refractivity contribution in [2.24, 2.45) is 0 Å². The van der Waals surface area contributed by atoms with Gasteiger partial charge in [0.05, 0.1) is 11.2 Å². The zero-order chi connectivity index (χ0) is 9.26. The fraction of sp³-hybridized carbons (Fsp3) is 0.300. The van der Waals surface area contributed by atoms with E-state index < -0.39 is 0 Å². The van der Waals surface area contributed by atoms with E-state index in [-0.39, 0.29) is 0 Å². The first-order chi connectivity index (χ1) is 6.36. The maximum absolute atomic E-state index is 4.54. The summed E-state index contributed by atoms with van der Waals surface area (Å²) in [6.07, 6.45) is 3.03. The summed E-state index contributed by atoms with van der Waals surface area (Å²) in [6.45, 7) is 2.12. The largest absolute Gasteiger partial charge is 0.303 e. The average molecular weight is 239 g/mol. The number of rotatable bonds is 2. The van der Waals surface area contributed by atoms with Gasteiger partial charge < -0.3 is 4.40 Å². The standard InChI is InChI=1S/C10H11BrN2/c1-2-10-12-8(7-11)9-5-3-4-6-13(9)10/h3-6H,2,7H2,1H3. The molecule has 13 heavy (non-hydrogen) atoms. The van der Waals surface area contributed by atoms with Crippen molar-refractivity contribution in [2.45, 2.75) is 18.7 Å². The van der Waals surface area contributed by atoms with Crippen LogP contribution in [0.15, 0.2) is 24.4 Å². The highest BCUT2D eigenvalue weighted by Gasteiger charge is 2.06. The van der Waals surface area contributed by atoms with Gasteiger partial charge in [0.2, 0.25) is 0 Å². The molecule has 0 aliphatic heterocycles. The molecule has 0 saturated carbocycles. The minimum atomic E-state index is 0.820. The lowest BCUT2D eigenvalue weighted by Crippen LogP contribution is -1.90. The van der Waals surface area contributed by atoms with Crippen molar-refractivity contribution >= 4 is 21.4 Å². The van der Waals surface area contributed by atoms with E-state index in [9.17, 15) is 0 Å². The van der Waals surface area contributed by atoms with Crippen molar-refractivity contribution in [3.63, 3.8) is 0 Å². The number of nitrogens with zero attached hydrogens (tertiary/aromatic N) is 2. The van der Waals surface area contributed by atoms with Gasteiger partial charge in [0.15, 0.2) is 0 Å². The third-order valence-corrected chi connectivity index (χ3v) is 2.67. The molecule has 2 nitrogen and oxygen atoms in total. The Morgan fingerprint density at radius 3 is 3.00 bits per heavy atom. The Bertz CT molecular complexity index is 382. The van der Waals surface area contributed by atoms with E-state index in [4.69, 9.17) is 0 Å². The molecule has 0 N–H and O–H groups in total. The van der Waals surface area contributed by atoms with E-state index in [1.807, 2.05) is 12.1 Å². The van der Waals surface area contributed by atoms with Crippen molar-refractivity contribution in [3.05, 3.63) is 35.9 Å². The van der Waals surface area contributed by atoms with Crippen LogP contribution < -0.4 is 0 Å². The number of aryl methyl sites for hydroxylation is 1. The Hall–Kier alpha value is -0.830. The Kier molecular flexibility index (Phi) is 2.36. The molecule has 0 aromatic carbocycles. The fourth-order valence-corrected chi connectivity index (χ4v) is 1.93. The van der Waals surface area contributed by atoms with Crippen LogP contribution in [-0.2, 0) is 11.8 Å². The SMILES string of the molecule is CCc1nc(CBr)c2ccccn12. The highest BCUT2D eigenvalue weighted by atomic mass is 79.9. The molecule has 0 fully saturated rings. The zero-order valence-electron chi connectivity index (χ0n) is 7.50. The van der Waals surface area contributed by atoms with E-state index in [1.165, 1.54) is 5.52 Å². The van der Waals surface area contributed by atoms with Gasteiger partial charge in [-0.15, -0.1) is 0 Å². The number of imidazole rings is 1. The second kappa shape index (κ2) is 3.50. The van der Waals surface area contributed by atoms with Gasteiger partial charge >= 0.3 is 0 Å². The lowest BCUT2D eigenvalue weighted by molar-refractivity contribution is 0.928. The number of aromatic nitrogens is 2. The van der Waals surface area contributed by atoms with E-state index in [0.29, 0.717) is 0 Å². The second-order valence-corrected chi connectivity index (χ2v) is 3.48. The van der Waals surface area contributed by atoms with Crippen LogP contribution in [0.3, 0.4) is 0 Å². The molecule has 0 atom stereocenters. The molecule has 2 rings (SSSR count). The van der Waals surface area contributed by atoms with Gasteiger partial charge in [0.1, 0.15) is 5.82 Å². The Labute approximate surface area is 85.7 Å². The second-order valence-electron chi connectivity index (χ2n) is 2.92. The molecule has 2 aromatic heterocycles. The van der Waals surface area contributed by atoms with Gasteiger partial charge in [-0.25, -0.2) is 4.98 Å². The molecule has 0 bridgehead atoms. The Morgan fingerprint density at radius 1 is 1.46 bits per heavy atom. The number of pyridine rings is 1. The fourth-order valence-electron chi connectivity index (χ4n) is 1.52. The van der Waals surface area contributed by atoms with Crippen LogP contribution in [0.5, 0.6) is 0 Å². The van der Waals surface area contributed by atoms with Gasteiger partial charge in [-0.1, -0.05) is 28.9 Å². The van der Waals surface area contributed by atoms with Gasteiger partial charge in [-0.2, -0.15) is 0 Å². The summed E-state index contributed by atoms with van der Waals surface area (Å²) in [4.78, 5) is 4.54. The number of halogens is 1. The van der Waals surface area contributed by atoms with Crippen LogP contribution in [0.1, 0.15) is 18.4 Å². The third-order valence-electron chi connectivity index (χ3n) is 2.14. The minimum absolute atomic E-state index is 0.820. The minimum Gasteiger partial charge on any atom is -0.303 e. The summed E-state index contributed by atoms with van der Waals surface area (Å²) in [5.41, 5.74) is 2.33. The number of hydrogen-bond acceptors (Lipinski definition) is 1. The van der Waals surface area contributed by atoms with Crippen LogP contribution in [0, 0.1) is 0 Å². The molecule has 2 heterocycles. The maximum Gasteiger partial charge on any atom is 0.113 e. The molecule has 0 radical (unpaired) electrons. The van der Waals surface area contributed by atoms with Crippen molar-refractivity contribution in [3.8, 4) is 0 Å². The topological polar surface area (TPSA) is 17.3 Å². The third kappa shape index (κ3) is 1.37. The summed E-state index contributed by atoms with van der Waals surface area (Å²) in [5.74, 6) is 1.13. The summed E-state index contributed by atoms with van der Waals surface area (Å²) >= 11 is 3.45. The molecule has 0 saturated heterocycles. The molecule has 0 aliphatic carbocycles. The van der Waals surface area contributed by atoms with Gasteiger partial charge in [0.25, 0.3) is 0 Å². The quantitative estimate of drug-likeness (QED) is 0.736. The molecule has 3 heteroatoms. The van der Waals surface area contributed by atoms with Crippen molar-refractivity contribution < 1.29 is 0 Å². The highest BCUT2D eigenvalue weighted by molar-refractivity contribution is 9.08. The maximum atomic E-state index is 4.54. The molecular weight excluding hydrogens is 228 g/mol. The molecule has 0 spiro atoms. The van der Waals surface area contributed by atoms with Gasteiger partial charge in [-0.05, 0) is 12.1 Å². The Balaban J connectivity index is 2.74. The first-order valence-corrected chi connectivity index (χ1v) is 5.49. The molecule has 0 aliphatic rings. The van der Waals surface area contributed by atoms with Crippen LogP contribution in [0.25, 0.3) is 5.52 Å². The smallest absolute Gasteiger partial charge is 0.113 e. The zero-order valence-corrected chi connectivity index (χ0v) is 9.08. The summed E-state index contributed by atoms with van der Waals surface area (Å²) in [7, 11) is 0.